The van der Waals surface area contributed by atoms with Gasteiger partial charge in [-0.3, -0.25) is 9.69 Å². The van der Waals surface area contributed by atoms with Crippen molar-refractivity contribution in [3.63, 3.8) is 0 Å². The van der Waals surface area contributed by atoms with Crippen molar-refractivity contribution in [3.8, 4) is 16.3 Å². The number of piperidine rings is 1. The lowest BCUT2D eigenvalue weighted by Gasteiger charge is -2.32. The Labute approximate surface area is 171 Å². The minimum Gasteiger partial charge on any atom is -0.494 e. The van der Waals surface area contributed by atoms with Gasteiger partial charge in [0, 0.05) is 36.5 Å². The van der Waals surface area contributed by atoms with Crippen LogP contribution in [0.3, 0.4) is 0 Å². The molecule has 2 fully saturated rings. The maximum atomic E-state index is 12.6. The van der Waals surface area contributed by atoms with E-state index in [0.717, 1.165) is 67.6 Å². The van der Waals surface area contributed by atoms with Gasteiger partial charge in [-0.05, 0) is 70.0 Å². The fraction of sp³-hybridized carbons (Fsp3) is 0.545. The molecule has 5 nitrogen and oxygen atoms in total. The van der Waals surface area contributed by atoms with Crippen LogP contribution in [0.2, 0.25) is 0 Å². The molecular weight excluding hydrogens is 370 g/mol. The smallest absolute Gasteiger partial charge is 0.225 e. The molecule has 150 valence electrons. The van der Waals surface area contributed by atoms with Crippen molar-refractivity contribution in [2.45, 2.75) is 39.2 Å². The van der Waals surface area contributed by atoms with Crippen molar-refractivity contribution in [1.29, 1.82) is 0 Å². The lowest BCUT2D eigenvalue weighted by Crippen LogP contribution is -2.41. The fourth-order valence-corrected chi connectivity index (χ4v) is 4.95. The molecule has 0 radical (unpaired) electrons. The molecule has 2 aliphatic rings. The zero-order valence-electron chi connectivity index (χ0n) is 16.6. The molecule has 2 saturated heterocycles. The number of carbonyl (C=O) groups excluding carboxylic acids is 1. The van der Waals surface area contributed by atoms with Crippen LogP contribution in [0.1, 0.15) is 38.3 Å². The number of ether oxygens (including phenoxy) is 1. The number of thiazole rings is 1. The number of rotatable bonds is 6. The average Bonchev–Trinajstić information content (AvgIpc) is 3.41. The highest BCUT2D eigenvalue weighted by Crippen LogP contribution is 2.27. The van der Waals surface area contributed by atoms with Crippen LogP contribution in [-0.4, -0.2) is 53.5 Å². The Bertz CT molecular complexity index is 775. The van der Waals surface area contributed by atoms with E-state index < -0.39 is 0 Å². The zero-order chi connectivity index (χ0) is 19.3. The highest BCUT2D eigenvalue weighted by atomic mass is 32.1. The highest BCUT2D eigenvalue weighted by Gasteiger charge is 2.29. The molecule has 0 aliphatic carbocycles. The molecule has 0 atom stereocenters. The molecule has 4 rings (SSSR count). The van der Waals surface area contributed by atoms with E-state index in [9.17, 15) is 4.79 Å². The quantitative estimate of drug-likeness (QED) is 0.735. The summed E-state index contributed by atoms with van der Waals surface area (Å²) in [6.07, 6.45) is 4.30. The predicted octanol–water partition coefficient (Wildman–Crippen LogP) is 4.04. The van der Waals surface area contributed by atoms with Gasteiger partial charge in [-0.25, -0.2) is 4.98 Å². The van der Waals surface area contributed by atoms with Crippen LogP contribution >= 0.6 is 11.3 Å². The van der Waals surface area contributed by atoms with E-state index in [0.29, 0.717) is 12.5 Å². The summed E-state index contributed by atoms with van der Waals surface area (Å²) in [6, 6.07) is 8.15. The van der Waals surface area contributed by atoms with E-state index in [1.54, 1.807) is 11.3 Å². The Morgan fingerprint density at radius 2 is 1.86 bits per heavy atom. The summed E-state index contributed by atoms with van der Waals surface area (Å²) >= 11 is 1.69. The number of benzene rings is 1. The van der Waals surface area contributed by atoms with Gasteiger partial charge in [-0.15, -0.1) is 11.3 Å². The molecule has 0 spiro atoms. The number of amides is 1. The number of likely N-dealkylation sites (tertiary alicyclic amines) is 2. The molecule has 3 heterocycles. The van der Waals surface area contributed by atoms with Gasteiger partial charge in [0.05, 0.1) is 12.3 Å². The molecule has 2 aliphatic heterocycles. The largest absolute Gasteiger partial charge is 0.494 e. The molecular formula is C22H29N3O2S. The van der Waals surface area contributed by atoms with Gasteiger partial charge in [-0.1, -0.05) is 0 Å². The Kier molecular flexibility index (Phi) is 6.27. The molecule has 1 amide bonds. The van der Waals surface area contributed by atoms with Crippen LogP contribution in [-0.2, 0) is 11.3 Å². The van der Waals surface area contributed by atoms with Gasteiger partial charge < -0.3 is 9.64 Å². The second kappa shape index (κ2) is 9.05. The second-order valence-electron chi connectivity index (χ2n) is 7.68. The summed E-state index contributed by atoms with van der Waals surface area (Å²) in [5.41, 5.74) is 2.26. The van der Waals surface area contributed by atoms with Gasteiger partial charge in [0.2, 0.25) is 5.91 Å². The van der Waals surface area contributed by atoms with Crippen LogP contribution in [0, 0.1) is 5.92 Å². The SMILES string of the molecule is CCOc1ccc(-c2nc(CN3CCC(C(=O)N4CCCC4)CC3)cs2)cc1. The van der Waals surface area contributed by atoms with Gasteiger partial charge in [-0.2, -0.15) is 0 Å². The first-order chi connectivity index (χ1) is 13.7. The van der Waals surface area contributed by atoms with Crippen molar-refractivity contribution in [1.82, 2.24) is 14.8 Å². The Balaban J connectivity index is 1.29. The number of hydrogen-bond acceptors (Lipinski definition) is 5. The fourth-order valence-electron chi connectivity index (χ4n) is 4.14. The van der Waals surface area contributed by atoms with E-state index in [1.165, 1.54) is 12.8 Å². The molecule has 1 aromatic carbocycles. The minimum atomic E-state index is 0.226. The van der Waals surface area contributed by atoms with Crippen LogP contribution in [0.4, 0.5) is 0 Å². The minimum absolute atomic E-state index is 0.226. The van der Waals surface area contributed by atoms with Crippen molar-refractivity contribution in [3.05, 3.63) is 35.3 Å². The van der Waals surface area contributed by atoms with Crippen molar-refractivity contribution in [2.24, 2.45) is 5.92 Å². The molecule has 0 N–H and O–H groups in total. The molecule has 0 bridgehead atoms. The monoisotopic (exact) mass is 399 g/mol. The summed E-state index contributed by atoms with van der Waals surface area (Å²) in [7, 11) is 0. The third-order valence-electron chi connectivity index (χ3n) is 5.70. The lowest BCUT2D eigenvalue weighted by molar-refractivity contribution is -0.136. The number of hydrogen-bond donors (Lipinski definition) is 0. The predicted molar refractivity (Wildman–Crippen MR) is 113 cm³/mol. The first-order valence-corrected chi connectivity index (χ1v) is 11.3. The van der Waals surface area contributed by atoms with E-state index in [1.807, 2.05) is 19.1 Å². The van der Waals surface area contributed by atoms with E-state index in [2.05, 4.69) is 27.3 Å². The van der Waals surface area contributed by atoms with Crippen molar-refractivity contribution in [2.75, 3.05) is 32.8 Å². The maximum absolute atomic E-state index is 12.6. The molecule has 6 heteroatoms. The number of aromatic nitrogens is 1. The van der Waals surface area contributed by atoms with Crippen molar-refractivity contribution >= 4 is 17.2 Å². The highest BCUT2D eigenvalue weighted by molar-refractivity contribution is 7.13. The Morgan fingerprint density at radius 1 is 1.14 bits per heavy atom. The molecule has 0 unspecified atom stereocenters. The van der Waals surface area contributed by atoms with Gasteiger partial charge >= 0.3 is 0 Å². The number of nitrogens with zero attached hydrogens (tertiary/aromatic N) is 3. The van der Waals surface area contributed by atoms with Crippen LogP contribution in [0.5, 0.6) is 5.75 Å². The first-order valence-electron chi connectivity index (χ1n) is 10.4. The third-order valence-corrected chi connectivity index (χ3v) is 6.64. The van der Waals surface area contributed by atoms with Gasteiger partial charge in [0.25, 0.3) is 0 Å². The molecule has 2 aromatic rings. The Hall–Kier alpha value is -1.92. The third kappa shape index (κ3) is 4.55. The normalized spacial score (nSPS) is 18.5. The first kappa shape index (κ1) is 19.4. The topological polar surface area (TPSA) is 45.7 Å². The Morgan fingerprint density at radius 3 is 2.54 bits per heavy atom. The molecule has 0 saturated carbocycles. The summed E-state index contributed by atoms with van der Waals surface area (Å²) < 4.78 is 5.51. The average molecular weight is 400 g/mol. The lowest BCUT2D eigenvalue weighted by atomic mass is 9.95. The standard InChI is InChI=1S/C22H29N3O2S/c1-2-27-20-7-5-17(6-8-20)21-23-19(16-28-21)15-24-13-9-18(10-14-24)22(26)25-11-3-4-12-25/h5-8,16,18H,2-4,9-15H2,1H3. The summed E-state index contributed by atoms with van der Waals surface area (Å²) in [5, 5.41) is 3.21. The molecule has 1 aromatic heterocycles. The van der Waals surface area contributed by atoms with Gasteiger partial charge in [0.15, 0.2) is 0 Å². The van der Waals surface area contributed by atoms with Crippen LogP contribution in [0.25, 0.3) is 10.6 Å². The second-order valence-corrected chi connectivity index (χ2v) is 8.54. The van der Waals surface area contributed by atoms with E-state index in [4.69, 9.17) is 9.72 Å². The zero-order valence-corrected chi connectivity index (χ0v) is 17.4. The number of carbonyl (C=O) groups is 1. The maximum Gasteiger partial charge on any atom is 0.225 e. The van der Waals surface area contributed by atoms with E-state index >= 15 is 0 Å². The summed E-state index contributed by atoms with van der Waals surface area (Å²) in [5.74, 6) is 1.52. The summed E-state index contributed by atoms with van der Waals surface area (Å²) in [4.78, 5) is 21.9. The summed E-state index contributed by atoms with van der Waals surface area (Å²) in [6.45, 7) is 7.45. The van der Waals surface area contributed by atoms with Gasteiger partial charge in [0.1, 0.15) is 10.8 Å². The van der Waals surface area contributed by atoms with Crippen LogP contribution in [0.15, 0.2) is 29.6 Å². The van der Waals surface area contributed by atoms with E-state index in [-0.39, 0.29) is 5.92 Å². The van der Waals surface area contributed by atoms with Crippen LogP contribution < -0.4 is 4.74 Å². The van der Waals surface area contributed by atoms with Crippen molar-refractivity contribution < 1.29 is 9.53 Å². The molecule has 28 heavy (non-hydrogen) atoms.